The number of aromatic nitrogens is 3. The number of benzene rings is 1. The molecule has 0 saturated carbocycles. The second-order valence-electron chi connectivity index (χ2n) is 3.67. The van der Waals surface area contributed by atoms with Gasteiger partial charge in [-0.1, -0.05) is 11.6 Å². The van der Waals surface area contributed by atoms with Crippen molar-refractivity contribution >= 4 is 17.6 Å². The summed E-state index contributed by atoms with van der Waals surface area (Å²) in [6.45, 7) is 0. The first-order valence-corrected chi connectivity index (χ1v) is 5.58. The maximum atomic E-state index is 12.4. The van der Waals surface area contributed by atoms with Crippen molar-refractivity contribution in [3.63, 3.8) is 0 Å². The minimum atomic E-state index is -4.62. The molecule has 2 rings (SSSR count). The molecule has 0 spiro atoms. The van der Waals surface area contributed by atoms with Crippen LogP contribution in [0.15, 0.2) is 24.5 Å². The van der Waals surface area contributed by atoms with Gasteiger partial charge in [0.05, 0.1) is 23.4 Å². The van der Waals surface area contributed by atoms with E-state index in [9.17, 15) is 18.0 Å². The normalized spacial score (nSPS) is 11.4. The van der Waals surface area contributed by atoms with Gasteiger partial charge in [-0.25, -0.2) is 14.5 Å². The van der Waals surface area contributed by atoms with Gasteiger partial charge in [0.1, 0.15) is 6.33 Å². The summed E-state index contributed by atoms with van der Waals surface area (Å²) in [5.74, 6) is -1.90. The summed E-state index contributed by atoms with van der Waals surface area (Å²) >= 11 is 5.87. The highest BCUT2D eigenvalue weighted by Gasteiger charge is 2.35. The van der Waals surface area contributed by atoms with Crippen LogP contribution in [0, 0.1) is 0 Å². The van der Waals surface area contributed by atoms with E-state index in [-0.39, 0.29) is 16.3 Å². The topological polar surface area (TPSA) is 57.0 Å². The third kappa shape index (κ3) is 2.74. The molecule has 0 radical (unpaired) electrons. The molecule has 0 N–H and O–H groups in total. The Labute approximate surface area is 115 Å². The minimum absolute atomic E-state index is 0.0402. The first-order chi connectivity index (χ1) is 9.32. The first-order valence-electron chi connectivity index (χ1n) is 5.20. The third-order valence-electron chi connectivity index (χ3n) is 2.37. The van der Waals surface area contributed by atoms with Gasteiger partial charge in [0, 0.05) is 0 Å². The second-order valence-corrected chi connectivity index (χ2v) is 4.07. The standard InChI is InChI=1S/C11H7ClF3N3O2/c1-20-9(19)7-3-2-6(4-8(7)12)18-5-16-10(17-18)11(13,14)15/h2-5H,1H3. The van der Waals surface area contributed by atoms with Gasteiger partial charge in [-0.3, -0.25) is 0 Å². The van der Waals surface area contributed by atoms with Crippen molar-refractivity contribution in [3.8, 4) is 5.69 Å². The Balaban J connectivity index is 2.37. The van der Waals surface area contributed by atoms with E-state index in [4.69, 9.17) is 11.6 Å². The Kier molecular flexibility index (Phi) is 3.67. The molecule has 0 saturated heterocycles. The highest BCUT2D eigenvalue weighted by molar-refractivity contribution is 6.33. The van der Waals surface area contributed by atoms with Gasteiger partial charge >= 0.3 is 12.1 Å². The number of nitrogens with zero attached hydrogens (tertiary/aromatic N) is 3. The Morgan fingerprint density at radius 3 is 2.60 bits per heavy atom. The Hall–Kier alpha value is -2.09. The zero-order valence-electron chi connectivity index (χ0n) is 9.98. The number of esters is 1. The monoisotopic (exact) mass is 305 g/mol. The molecule has 0 unspecified atom stereocenters. The van der Waals surface area contributed by atoms with Crippen LogP contribution in [0.1, 0.15) is 16.2 Å². The van der Waals surface area contributed by atoms with Crippen molar-refractivity contribution in [1.29, 1.82) is 0 Å². The molecule has 9 heteroatoms. The Bertz CT molecular complexity index is 655. The molecule has 0 aliphatic rings. The summed E-state index contributed by atoms with van der Waals surface area (Å²) in [4.78, 5) is 14.5. The molecular formula is C11H7ClF3N3O2. The number of carbonyl (C=O) groups is 1. The van der Waals surface area contributed by atoms with Gasteiger partial charge in [-0.2, -0.15) is 13.2 Å². The lowest BCUT2D eigenvalue weighted by Gasteiger charge is -2.05. The van der Waals surface area contributed by atoms with E-state index in [0.717, 1.165) is 11.0 Å². The zero-order chi connectivity index (χ0) is 14.9. The SMILES string of the molecule is COC(=O)c1ccc(-n2cnc(C(F)(F)F)n2)cc1Cl. The van der Waals surface area contributed by atoms with Gasteiger partial charge in [0.25, 0.3) is 5.82 Å². The maximum absolute atomic E-state index is 12.4. The van der Waals surface area contributed by atoms with Gasteiger partial charge in [0.15, 0.2) is 0 Å². The molecule has 1 heterocycles. The van der Waals surface area contributed by atoms with Gasteiger partial charge in [-0.05, 0) is 18.2 Å². The fourth-order valence-corrected chi connectivity index (χ4v) is 1.69. The number of hydrogen-bond donors (Lipinski definition) is 0. The fourth-order valence-electron chi connectivity index (χ4n) is 1.44. The minimum Gasteiger partial charge on any atom is -0.465 e. The molecule has 1 aromatic carbocycles. The average Bonchev–Trinajstić information content (AvgIpc) is 2.87. The largest absolute Gasteiger partial charge is 0.465 e. The molecule has 0 amide bonds. The van der Waals surface area contributed by atoms with E-state index in [2.05, 4.69) is 14.8 Å². The van der Waals surface area contributed by atoms with Gasteiger partial charge in [-0.15, -0.1) is 5.10 Å². The predicted octanol–water partition coefficient (Wildman–Crippen LogP) is 2.73. The third-order valence-corrected chi connectivity index (χ3v) is 2.68. The van der Waals surface area contributed by atoms with E-state index in [1.54, 1.807) is 0 Å². The Morgan fingerprint density at radius 2 is 2.10 bits per heavy atom. The smallest absolute Gasteiger partial charge is 0.453 e. The average molecular weight is 306 g/mol. The van der Waals surface area contributed by atoms with Crippen LogP contribution in [0.3, 0.4) is 0 Å². The van der Waals surface area contributed by atoms with Crippen LogP contribution in [0.4, 0.5) is 13.2 Å². The van der Waals surface area contributed by atoms with Gasteiger partial charge in [0.2, 0.25) is 0 Å². The fraction of sp³-hybridized carbons (Fsp3) is 0.182. The molecule has 5 nitrogen and oxygen atoms in total. The summed E-state index contributed by atoms with van der Waals surface area (Å²) in [5.41, 5.74) is 0.347. The number of methoxy groups -OCH3 is 1. The number of ether oxygens (including phenoxy) is 1. The van der Waals surface area contributed by atoms with Crippen molar-refractivity contribution < 1.29 is 22.7 Å². The number of rotatable bonds is 2. The van der Waals surface area contributed by atoms with Crippen molar-refractivity contribution in [2.75, 3.05) is 7.11 Å². The quantitative estimate of drug-likeness (QED) is 0.801. The molecule has 1 aromatic heterocycles. The number of halogens is 4. The van der Waals surface area contributed by atoms with E-state index < -0.39 is 18.0 Å². The summed E-state index contributed by atoms with van der Waals surface area (Å²) in [6, 6.07) is 4.01. The molecule has 2 aromatic rings. The van der Waals surface area contributed by atoms with E-state index in [0.29, 0.717) is 0 Å². The number of carbonyl (C=O) groups excluding carboxylic acids is 1. The summed E-state index contributed by atoms with van der Waals surface area (Å²) < 4.78 is 42.6. The van der Waals surface area contributed by atoms with Crippen LogP contribution < -0.4 is 0 Å². The van der Waals surface area contributed by atoms with Crippen LogP contribution in [0.5, 0.6) is 0 Å². The molecule has 20 heavy (non-hydrogen) atoms. The zero-order valence-corrected chi connectivity index (χ0v) is 10.7. The van der Waals surface area contributed by atoms with Crippen LogP contribution in [-0.4, -0.2) is 27.8 Å². The first kappa shape index (κ1) is 14.3. The van der Waals surface area contributed by atoms with Crippen molar-refractivity contribution in [1.82, 2.24) is 14.8 Å². The molecule has 0 fully saturated rings. The lowest BCUT2D eigenvalue weighted by Crippen LogP contribution is -2.09. The van der Waals surface area contributed by atoms with E-state index in [1.165, 1.54) is 25.3 Å². The predicted molar refractivity (Wildman–Crippen MR) is 62.7 cm³/mol. The molecule has 0 aliphatic carbocycles. The number of alkyl halides is 3. The molecule has 106 valence electrons. The van der Waals surface area contributed by atoms with Crippen molar-refractivity contribution in [2.45, 2.75) is 6.18 Å². The van der Waals surface area contributed by atoms with Crippen molar-refractivity contribution in [3.05, 3.63) is 40.9 Å². The lowest BCUT2D eigenvalue weighted by atomic mass is 10.2. The second kappa shape index (κ2) is 5.12. The molecule has 0 atom stereocenters. The molecular weight excluding hydrogens is 299 g/mol. The van der Waals surface area contributed by atoms with Crippen LogP contribution in [0.2, 0.25) is 5.02 Å². The number of hydrogen-bond acceptors (Lipinski definition) is 4. The Morgan fingerprint density at radius 1 is 1.40 bits per heavy atom. The van der Waals surface area contributed by atoms with E-state index >= 15 is 0 Å². The van der Waals surface area contributed by atoms with Crippen molar-refractivity contribution in [2.24, 2.45) is 0 Å². The summed E-state index contributed by atoms with van der Waals surface area (Å²) in [5, 5.41) is 3.33. The maximum Gasteiger partial charge on any atom is 0.453 e. The van der Waals surface area contributed by atoms with Gasteiger partial charge < -0.3 is 4.74 Å². The molecule has 0 aliphatic heterocycles. The summed E-state index contributed by atoms with van der Waals surface area (Å²) in [7, 11) is 1.19. The van der Waals surface area contributed by atoms with E-state index in [1.807, 2.05) is 0 Å². The molecule has 0 bridgehead atoms. The lowest BCUT2D eigenvalue weighted by molar-refractivity contribution is -0.144. The summed E-state index contributed by atoms with van der Waals surface area (Å²) in [6.07, 6.45) is -3.71. The van der Waals surface area contributed by atoms with Crippen LogP contribution in [-0.2, 0) is 10.9 Å². The van der Waals surface area contributed by atoms with Crippen LogP contribution >= 0.6 is 11.6 Å². The van der Waals surface area contributed by atoms with Crippen LogP contribution in [0.25, 0.3) is 5.69 Å². The highest BCUT2D eigenvalue weighted by Crippen LogP contribution is 2.26. The highest BCUT2D eigenvalue weighted by atomic mass is 35.5.